The molecule has 3 nitrogen and oxygen atoms in total. The van der Waals surface area contributed by atoms with Crippen LogP contribution in [-0.4, -0.2) is 12.5 Å². The zero-order chi connectivity index (χ0) is 15.1. The predicted octanol–water partition coefficient (Wildman–Crippen LogP) is 2.78. The van der Waals surface area contributed by atoms with E-state index in [-0.39, 0.29) is 11.7 Å². The first-order chi connectivity index (χ1) is 10.1. The van der Waals surface area contributed by atoms with E-state index in [0.717, 1.165) is 11.1 Å². The van der Waals surface area contributed by atoms with Crippen molar-refractivity contribution in [2.75, 3.05) is 12.3 Å². The van der Waals surface area contributed by atoms with E-state index in [1.165, 1.54) is 18.2 Å². The number of amides is 1. The maximum Gasteiger partial charge on any atom is 0.244 e. The van der Waals surface area contributed by atoms with Crippen LogP contribution < -0.4 is 11.1 Å². The van der Waals surface area contributed by atoms with Crippen LogP contribution in [0.4, 0.5) is 10.1 Å². The van der Waals surface area contributed by atoms with Gasteiger partial charge in [-0.25, -0.2) is 4.39 Å². The second kappa shape index (κ2) is 7.24. The summed E-state index contributed by atoms with van der Waals surface area (Å²) >= 11 is 0. The van der Waals surface area contributed by atoms with E-state index in [1.54, 1.807) is 24.3 Å². The van der Waals surface area contributed by atoms with Crippen molar-refractivity contribution in [2.45, 2.75) is 6.42 Å². The Kier molecular flexibility index (Phi) is 5.10. The summed E-state index contributed by atoms with van der Waals surface area (Å²) in [5.74, 6) is -0.440. The largest absolute Gasteiger partial charge is 0.399 e. The van der Waals surface area contributed by atoms with Crippen molar-refractivity contribution in [3.8, 4) is 0 Å². The summed E-state index contributed by atoms with van der Waals surface area (Å²) in [5.41, 5.74) is 8.04. The molecule has 3 N–H and O–H groups in total. The normalized spacial score (nSPS) is 10.7. The van der Waals surface area contributed by atoms with Gasteiger partial charge in [-0.2, -0.15) is 0 Å². The smallest absolute Gasteiger partial charge is 0.244 e. The first-order valence-corrected chi connectivity index (χ1v) is 6.69. The molecule has 0 radical (unpaired) electrons. The van der Waals surface area contributed by atoms with E-state index >= 15 is 0 Å². The lowest BCUT2D eigenvalue weighted by molar-refractivity contribution is -0.116. The number of hydrogen-bond acceptors (Lipinski definition) is 2. The Morgan fingerprint density at radius 1 is 1.19 bits per heavy atom. The van der Waals surface area contributed by atoms with E-state index in [1.807, 2.05) is 18.2 Å². The van der Waals surface area contributed by atoms with Gasteiger partial charge in [-0.1, -0.05) is 24.3 Å². The highest BCUT2D eigenvalue weighted by atomic mass is 19.1. The van der Waals surface area contributed by atoms with Gasteiger partial charge >= 0.3 is 0 Å². The summed E-state index contributed by atoms with van der Waals surface area (Å²) in [6, 6.07) is 13.6. The fourth-order valence-electron chi connectivity index (χ4n) is 1.86. The van der Waals surface area contributed by atoms with Gasteiger partial charge in [0.15, 0.2) is 0 Å². The summed E-state index contributed by atoms with van der Waals surface area (Å²) in [6.07, 6.45) is 3.78. The zero-order valence-electron chi connectivity index (χ0n) is 11.6. The molecule has 0 unspecified atom stereocenters. The average molecular weight is 284 g/mol. The highest BCUT2D eigenvalue weighted by Gasteiger charge is 1.98. The van der Waals surface area contributed by atoms with E-state index in [9.17, 15) is 9.18 Å². The maximum atomic E-state index is 13.0. The van der Waals surface area contributed by atoms with E-state index in [0.29, 0.717) is 18.7 Å². The first-order valence-electron chi connectivity index (χ1n) is 6.69. The molecule has 2 rings (SSSR count). The van der Waals surface area contributed by atoms with Crippen LogP contribution in [0.25, 0.3) is 6.08 Å². The van der Waals surface area contributed by atoms with Crippen LogP contribution in [0.2, 0.25) is 0 Å². The number of anilines is 1. The van der Waals surface area contributed by atoms with Gasteiger partial charge in [-0.05, 0) is 47.9 Å². The molecule has 4 heteroatoms. The van der Waals surface area contributed by atoms with Crippen LogP contribution in [0.1, 0.15) is 11.1 Å². The van der Waals surface area contributed by atoms with Crippen molar-refractivity contribution in [3.63, 3.8) is 0 Å². The highest BCUT2D eigenvalue weighted by molar-refractivity contribution is 5.91. The molecule has 0 aliphatic rings. The molecule has 0 fully saturated rings. The third kappa shape index (κ3) is 5.10. The van der Waals surface area contributed by atoms with Crippen molar-refractivity contribution in [1.82, 2.24) is 5.32 Å². The molecule has 108 valence electrons. The van der Waals surface area contributed by atoms with Crippen LogP contribution in [0.3, 0.4) is 0 Å². The Bertz CT molecular complexity index is 635. The van der Waals surface area contributed by atoms with Gasteiger partial charge in [-0.15, -0.1) is 0 Å². The standard InChI is InChI=1S/C17H17FN2O/c18-15-3-1-2-14(12-15)10-11-20-17(21)9-6-13-4-7-16(19)8-5-13/h1-9,12H,10-11,19H2,(H,20,21)/b9-6+. The molecule has 21 heavy (non-hydrogen) atoms. The average Bonchev–Trinajstić information content (AvgIpc) is 2.47. The molecule has 1 amide bonds. The second-order valence-electron chi connectivity index (χ2n) is 4.67. The molecule has 0 atom stereocenters. The summed E-state index contributed by atoms with van der Waals surface area (Å²) < 4.78 is 13.0. The third-order valence-corrected chi connectivity index (χ3v) is 2.97. The van der Waals surface area contributed by atoms with Gasteiger partial charge in [0.25, 0.3) is 0 Å². The summed E-state index contributed by atoms with van der Waals surface area (Å²) in [5, 5.41) is 2.76. The SMILES string of the molecule is Nc1ccc(/C=C/C(=O)NCCc2cccc(F)c2)cc1. The summed E-state index contributed by atoms with van der Waals surface area (Å²) in [6.45, 7) is 0.467. The minimum Gasteiger partial charge on any atom is -0.399 e. The molecule has 2 aromatic carbocycles. The monoisotopic (exact) mass is 284 g/mol. The first kappa shape index (κ1) is 14.8. The number of carbonyl (C=O) groups excluding carboxylic acids is 1. The van der Waals surface area contributed by atoms with Crippen molar-refractivity contribution in [1.29, 1.82) is 0 Å². The number of carbonyl (C=O) groups is 1. The van der Waals surface area contributed by atoms with Gasteiger partial charge in [0.2, 0.25) is 5.91 Å². The number of halogens is 1. The van der Waals surface area contributed by atoms with Crippen LogP contribution in [0.15, 0.2) is 54.6 Å². The summed E-state index contributed by atoms with van der Waals surface area (Å²) in [4.78, 5) is 11.6. The lowest BCUT2D eigenvalue weighted by Crippen LogP contribution is -2.23. The number of nitrogens with one attached hydrogen (secondary N) is 1. The lowest BCUT2D eigenvalue weighted by atomic mass is 10.1. The van der Waals surface area contributed by atoms with E-state index < -0.39 is 0 Å². The molecular weight excluding hydrogens is 267 g/mol. The van der Waals surface area contributed by atoms with Crippen LogP contribution in [-0.2, 0) is 11.2 Å². The Morgan fingerprint density at radius 3 is 2.67 bits per heavy atom. The Balaban J connectivity index is 1.78. The van der Waals surface area contributed by atoms with Crippen molar-refractivity contribution >= 4 is 17.7 Å². The number of rotatable bonds is 5. The predicted molar refractivity (Wildman–Crippen MR) is 83.0 cm³/mol. The number of nitrogens with two attached hydrogens (primary N) is 1. The van der Waals surface area contributed by atoms with Crippen LogP contribution in [0.5, 0.6) is 0 Å². The van der Waals surface area contributed by atoms with Crippen LogP contribution >= 0.6 is 0 Å². The molecule has 0 spiro atoms. The minimum atomic E-state index is -0.262. The zero-order valence-corrected chi connectivity index (χ0v) is 11.6. The number of benzene rings is 2. The third-order valence-electron chi connectivity index (χ3n) is 2.97. The quantitative estimate of drug-likeness (QED) is 0.655. The lowest BCUT2D eigenvalue weighted by Gasteiger charge is -2.03. The number of hydrogen-bond donors (Lipinski definition) is 2. The van der Waals surface area contributed by atoms with Gasteiger partial charge in [-0.3, -0.25) is 4.79 Å². The molecule has 0 saturated carbocycles. The van der Waals surface area contributed by atoms with Gasteiger partial charge in [0.05, 0.1) is 0 Å². The van der Waals surface area contributed by atoms with Gasteiger partial charge in [0, 0.05) is 18.3 Å². The molecule has 0 aliphatic carbocycles. The molecule has 0 aliphatic heterocycles. The highest BCUT2D eigenvalue weighted by Crippen LogP contribution is 2.07. The molecule has 2 aromatic rings. The fourth-order valence-corrected chi connectivity index (χ4v) is 1.86. The summed E-state index contributed by atoms with van der Waals surface area (Å²) in [7, 11) is 0. The molecule has 0 saturated heterocycles. The van der Waals surface area contributed by atoms with Crippen molar-refractivity contribution < 1.29 is 9.18 Å². The Labute approximate surface area is 123 Å². The molecular formula is C17H17FN2O. The van der Waals surface area contributed by atoms with Crippen molar-refractivity contribution in [3.05, 3.63) is 71.6 Å². The minimum absolute atomic E-state index is 0.178. The molecule has 0 aromatic heterocycles. The van der Waals surface area contributed by atoms with Crippen LogP contribution in [0, 0.1) is 5.82 Å². The number of nitrogen functional groups attached to an aromatic ring is 1. The Hall–Kier alpha value is -2.62. The second-order valence-corrected chi connectivity index (χ2v) is 4.67. The van der Waals surface area contributed by atoms with Crippen molar-refractivity contribution in [2.24, 2.45) is 0 Å². The van der Waals surface area contributed by atoms with Gasteiger partial charge < -0.3 is 11.1 Å². The molecule has 0 heterocycles. The Morgan fingerprint density at radius 2 is 1.95 bits per heavy atom. The van der Waals surface area contributed by atoms with E-state index in [2.05, 4.69) is 5.32 Å². The topological polar surface area (TPSA) is 55.1 Å². The molecule has 0 bridgehead atoms. The van der Waals surface area contributed by atoms with Gasteiger partial charge in [0.1, 0.15) is 5.82 Å². The fraction of sp³-hybridized carbons (Fsp3) is 0.118. The maximum absolute atomic E-state index is 13.0. The van der Waals surface area contributed by atoms with E-state index in [4.69, 9.17) is 5.73 Å².